The van der Waals surface area contributed by atoms with E-state index in [1.54, 1.807) is 12.1 Å². The zero-order valence-corrected chi connectivity index (χ0v) is 18.0. The highest BCUT2D eigenvalue weighted by Crippen LogP contribution is 2.19. The molecular formula is C19H24F3IN4O. The maximum Gasteiger partial charge on any atom is 0.422 e. The lowest BCUT2D eigenvalue weighted by molar-refractivity contribution is -0.154. The Labute approximate surface area is 179 Å². The lowest BCUT2D eigenvalue weighted by Gasteiger charge is -2.14. The average Bonchev–Trinajstić information content (AvgIpc) is 2.63. The molecule has 0 saturated carbocycles. The summed E-state index contributed by atoms with van der Waals surface area (Å²) in [6, 6.07) is 11.4. The van der Waals surface area contributed by atoms with Crippen molar-refractivity contribution in [2.24, 2.45) is 4.99 Å². The van der Waals surface area contributed by atoms with Crippen molar-refractivity contribution in [1.29, 1.82) is 0 Å². The van der Waals surface area contributed by atoms with Crippen molar-refractivity contribution in [3.63, 3.8) is 0 Å². The van der Waals surface area contributed by atoms with E-state index in [4.69, 9.17) is 4.74 Å². The van der Waals surface area contributed by atoms with Gasteiger partial charge in [0, 0.05) is 24.8 Å². The molecule has 154 valence electrons. The number of alkyl halides is 3. The fraction of sp³-hybridized carbons (Fsp3) is 0.368. The van der Waals surface area contributed by atoms with Crippen molar-refractivity contribution in [1.82, 2.24) is 15.6 Å². The van der Waals surface area contributed by atoms with E-state index in [0.717, 1.165) is 5.56 Å². The van der Waals surface area contributed by atoms with Gasteiger partial charge in [-0.1, -0.05) is 35.9 Å². The maximum absolute atomic E-state index is 12.4. The first-order valence-corrected chi connectivity index (χ1v) is 8.58. The minimum absolute atomic E-state index is 0. The van der Waals surface area contributed by atoms with Crippen LogP contribution in [-0.4, -0.2) is 30.3 Å². The Morgan fingerprint density at radius 2 is 1.86 bits per heavy atom. The predicted molar refractivity (Wildman–Crippen MR) is 114 cm³/mol. The first kappa shape index (κ1) is 24.0. The van der Waals surface area contributed by atoms with E-state index in [-0.39, 0.29) is 36.4 Å². The van der Waals surface area contributed by atoms with E-state index < -0.39 is 12.8 Å². The van der Waals surface area contributed by atoms with Crippen molar-refractivity contribution in [3.8, 4) is 5.88 Å². The van der Waals surface area contributed by atoms with Gasteiger partial charge in [0.1, 0.15) is 0 Å². The number of aromatic nitrogens is 1. The van der Waals surface area contributed by atoms with Crippen molar-refractivity contribution < 1.29 is 17.9 Å². The van der Waals surface area contributed by atoms with Crippen LogP contribution in [0, 0.1) is 6.92 Å². The number of hydrogen-bond donors (Lipinski definition) is 2. The van der Waals surface area contributed by atoms with Gasteiger partial charge in [-0.2, -0.15) is 13.2 Å². The van der Waals surface area contributed by atoms with Crippen molar-refractivity contribution in [2.75, 3.05) is 13.2 Å². The van der Waals surface area contributed by atoms with Gasteiger partial charge in [0.25, 0.3) is 0 Å². The molecule has 1 aromatic heterocycles. The largest absolute Gasteiger partial charge is 0.468 e. The third kappa shape index (κ3) is 8.77. The number of aliphatic imine (C=N–C) groups is 1. The van der Waals surface area contributed by atoms with E-state index >= 15 is 0 Å². The molecule has 0 saturated heterocycles. The van der Waals surface area contributed by atoms with Gasteiger partial charge in [-0.25, -0.2) is 9.98 Å². The summed E-state index contributed by atoms with van der Waals surface area (Å²) in [4.78, 5) is 8.38. The van der Waals surface area contributed by atoms with Crippen molar-refractivity contribution in [2.45, 2.75) is 33.1 Å². The van der Waals surface area contributed by atoms with Crippen LogP contribution in [-0.2, 0) is 13.1 Å². The van der Waals surface area contributed by atoms with Gasteiger partial charge in [0.2, 0.25) is 5.88 Å². The molecule has 0 atom stereocenters. The van der Waals surface area contributed by atoms with Crippen LogP contribution in [0.4, 0.5) is 13.2 Å². The average molecular weight is 508 g/mol. The number of nitrogens with one attached hydrogen (secondary N) is 2. The number of rotatable bonds is 7. The van der Waals surface area contributed by atoms with Crippen LogP contribution in [0.1, 0.15) is 23.6 Å². The second-order valence-electron chi connectivity index (χ2n) is 5.91. The SMILES string of the molecule is CCNC(=NCc1ccc(C)cc1)NCc1cccnc1OCC(F)(F)F.I. The van der Waals surface area contributed by atoms with E-state index in [9.17, 15) is 13.2 Å². The summed E-state index contributed by atoms with van der Waals surface area (Å²) >= 11 is 0. The molecule has 0 fully saturated rings. The third-order valence-corrected chi connectivity index (χ3v) is 3.55. The minimum atomic E-state index is -4.41. The van der Waals surface area contributed by atoms with Crippen LogP contribution in [0.3, 0.4) is 0 Å². The van der Waals surface area contributed by atoms with Crippen molar-refractivity contribution in [3.05, 3.63) is 59.3 Å². The van der Waals surface area contributed by atoms with E-state index in [2.05, 4.69) is 20.6 Å². The third-order valence-electron chi connectivity index (χ3n) is 3.55. The molecule has 0 aliphatic rings. The van der Waals surface area contributed by atoms with Gasteiger partial charge in [-0.15, -0.1) is 24.0 Å². The molecule has 0 amide bonds. The fourth-order valence-electron chi connectivity index (χ4n) is 2.22. The topological polar surface area (TPSA) is 58.5 Å². The Morgan fingerprint density at radius 3 is 2.50 bits per heavy atom. The Morgan fingerprint density at radius 1 is 1.14 bits per heavy atom. The summed E-state index contributed by atoms with van der Waals surface area (Å²) < 4.78 is 41.9. The van der Waals surface area contributed by atoms with Crippen LogP contribution in [0.5, 0.6) is 5.88 Å². The zero-order valence-electron chi connectivity index (χ0n) is 15.7. The molecule has 1 heterocycles. The standard InChI is InChI=1S/C19H23F3N4O.HI/c1-3-23-18(25-11-15-8-6-14(2)7-9-15)26-12-16-5-4-10-24-17(16)27-13-19(20,21)22;/h4-10H,3,11-13H2,1-2H3,(H2,23,25,26);1H. The number of halogens is 4. The molecule has 2 rings (SSSR count). The Kier molecular flexibility index (Phi) is 10.0. The molecule has 28 heavy (non-hydrogen) atoms. The highest BCUT2D eigenvalue weighted by molar-refractivity contribution is 14.0. The number of aryl methyl sites for hydroxylation is 1. The Bertz CT molecular complexity index is 752. The molecule has 2 N–H and O–H groups in total. The lowest BCUT2D eigenvalue weighted by atomic mass is 10.1. The van der Waals surface area contributed by atoms with E-state index in [1.807, 2.05) is 38.1 Å². The second-order valence-corrected chi connectivity index (χ2v) is 5.91. The summed E-state index contributed by atoms with van der Waals surface area (Å²) in [5.41, 5.74) is 2.76. The molecule has 1 aromatic carbocycles. The summed E-state index contributed by atoms with van der Waals surface area (Å²) in [6.07, 6.45) is -3.02. The normalized spacial score (nSPS) is 11.5. The molecule has 0 spiro atoms. The maximum atomic E-state index is 12.4. The number of pyridine rings is 1. The van der Waals surface area contributed by atoms with Gasteiger partial charge in [0.05, 0.1) is 6.54 Å². The first-order valence-electron chi connectivity index (χ1n) is 8.58. The number of benzene rings is 1. The summed E-state index contributed by atoms with van der Waals surface area (Å²) in [5, 5.41) is 6.20. The molecule has 0 aliphatic heterocycles. The van der Waals surface area contributed by atoms with E-state index in [1.165, 1.54) is 11.8 Å². The van der Waals surface area contributed by atoms with Crippen LogP contribution in [0.15, 0.2) is 47.6 Å². The molecule has 2 aromatic rings. The van der Waals surface area contributed by atoms with Crippen LogP contribution >= 0.6 is 24.0 Å². The monoisotopic (exact) mass is 508 g/mol. The second kappa shape index (κ2) is 11.7. The van der Waals surface area contributed by atoms with E-state index in [0.29, 0.717) is 24.6 Å². The van der Waals surface area contributed by atoms with Gasteiger partial charge in [0.15, 0.2) is 12.6 Å². The molecule has 0 bridgehead atoms. The predicted octanol–water partition coefficient (Wildman–Crippen LogP) is 4.20. The van der Waals surface area contributed by atoms with Crippen LogP contribution in [0.25, 0.3) is 0 Å². The highest BCUT2D eigenvalue weighted by atomic mass is 127. The molecule has 5 nitrogen and oxygen atoms in total. The fourth-order valence-corrected chi connectivity index (χ4v) is 2.22. The zero-order chi connectivity index (χ0) is 19.7. The van der Waals surface area contributed by atoms with Crippen LogP contribution < -0.4 is 15.4 Å². The minimum Gasteiger partial charge on any atom is -0.468 e. The van der Waals surface area contributed by atoms with Gasteiger partial charge in [-0.05, 0) is 25.5 Å². The quantitative estimate of drug-likeness (QED) is 0.335. The Hall–Kier alpha value is -2.04. The molecular weight excluding hydrogens is 484 g/mol. The van der Waals surface area contributed by atoms with Gasteiger partial charge < -0.3 is 15.4 Å². The summed E-state index contributed by atoms with van der Waals surface area (Å²) in [7, 11) is 0. The Balaban J connectivity index is 0.00000392. The van der Waals surface area contributed by atoms with Crippen LogP contribution in [0.2, 0.25) is 0 Å². The van der Waals surface area contributed by atoms with Gasteiger partial charge in [-0.3, -0.25) is 0 Å². The molecule has 9 heteroatoms. The summed E-state index contributed by atoms with van der Waals surface area (Å²) in [5.74, 6) is 0.514. The number of guanidine groups is 1. The number of nitrogens with zero attached hydrogens (tertiary/aromatic N) is 2. The molecule has 0 radical (unpaired) electrons. The molecule has 0 unspecified atom stereocenters. The number of hydrogen-bond acceptors (Lipinski definition) is 3. The van der Waals surface area contributed by atoms with Gasteiger partial charge >= 0.3 is 6.18 Å². The lowest BCUT2D eigenvalue weighted by Crippen LogP contribution is -2.37. The molecule has 0 aliphatic carbocycles. The van der Waals surface area contributed by atoms with Crippen molar-refractivity contribution >= 4 is 29.9 Å². The smallest absolute Gasteiger partial charge is 0.422 e. The number of ether oxygens (including phenoxy) is 1. The first-order chi connectivity index (χ1) is 12.9. The summed E-state index contributed by atoms with van der Waals surface area (Å²) in [6.45, 7) is 3.96. The highest BCUT2D eigenvalue weighted by Gasteiger charge is 2.29.